The summed E-state index contributed by atoms with van der Waals surface area (Å²) >= 11 is 5.90. The van der Waals surface area contributed by atoms with Gasteiger partial charge in [0.15, 0.2) is 6.29 Å². The molecule has 1 unspecified atom stereocenters. The monoisotopic (exact) mass is 182 g/mol. The number of rotatable bonds is 1. The second-order valence-electron chi connectivity index (χ2n) is 2.68. The summed E-state index contributed by atoms with van der Waals surface area (Å²) in [4.78, 5) is 10.5. The highest BCUT2D eigenvalue weighted by molar-refractivity contribution is 6.31. The summed E-state index contributed by atoms with van der Waals surface area (Å²) in [5.41, 5.74) is 1.84. The summed E-state index contributed by atoms with van der Waals surface area (Å²) in [6.07, 6.45) is 0.311. The minimum atomic E-state index is -0.464. The summed E-state index contributed by atoms with van der Waals surface area (Å²) < 4.78 is 5.20. The molecule has 0 aliphatic carbocycles. The van der Waals surface area contributed by atoms with E-state index in [1.807, 2.05) is 12.1 Å². The number of hydrogen-bond acceptors (Lipinski definition) is 2. The lowest BCUT2D eigenvalue weighted by Crippen LogP contribution is -1.96. The first-order valence-corrected chi connectivity index (χ1v) is 4.05. The zero-order chi connectivity index (χ0) is 8.55. The molecular formula is C9H7ClO2. The molecule has 0 amide bonds. The zero-order valence-corrected chi connectivity index (χ0v) is 7.04. The number of carbonyl (C=O) groups is 1. The van der Waals surface area contributed by atoms with Gasteiger partial charge in [0.1, 0.15) is 6.10 Å². The lowest BCUT2D eigenvalue weighted by Gasteiger charge is -2.03. The highest BCUT2D eigenvalue weighted by Gasteiger charge is 2.24. The first-order chi connectivity index (χ1) is 5.83. The predicted octanol–water partition coefficient (Wildman–Crippen LogP) is 2.11. The molecule has 3 heteroatoms. The van der Waals surface area contributed by atoms with Gasteiger partial charge in [0.25, 0.3) is 0 Å². The number of hydrogen-bond donors (Lipinski definition) is 0. The second-order valence-corrected chi connectivity index (χ2v) is 3.09. The lowest BCUT2D eigenvalue weighted by molar-refractivity contribution is -0.117. The van der Waals surface area contributed by atoms with Crippen LogP contribution in [0.25, 0.3) is 0 Å². The third-order valence-electron chi connectivity index (χ3n) is 1.97. The standard InChI is InChI=1S/C9H7ClO2/c10-7-3-1-2-6-5-12-8(4-11)9(6)7/h1-4,8H,5H2. The fourth-order valence-corrected chi connectivity index (χ4v) is 1.70. The molecule has 0 fully saturated rings. The van der Waals surface area contributed by atoms with Crippen molar-refractivity contribution in [3.63, 3.8) is 0 Å². The molecule has 1 aromatic rings. The van der Waals surface area contributed by atoms with Crippen molar-refractivity contribution in [1.82, 2.24) is 0 Å². The fourth-order valence-electron chi connectivity index (χ4n) is 1.40. The van der Waals surface area contributed by atoms with Crippen LogP contribution in [0, 0.1) is 0 Å². The summed E-state index contributed by atoms with van der Waals surface area (Å²) in [6, 6.07) is 5.55. The van der Waals surface area contributed by atoms with E-state index in [9.17, 15) is 4.79 Å². The number of halogens is 1. The van der Waals surface area contributed by atoms with Gasteiger partial charge >= 0.3 is 0 Å². The number of aldehydes is 1. The van der Waals surface area contributed by atoms with E-state index in [-0.39, 0.29) is 0 Å². The Kier molecular flexibility index (Phi) is 1.87. The summed E-state index contributed by atoms with van der Waals surface area (Å²) in [5, 5.41) is 0.613. The van der Waals surface area contributed by atoms with Crippen LogP contribution in [-0.4, -0.2) is 6.29 Å². The van der Waals surface area contributed by atoms with E-state index in [0.717, 1.165) is 17.4 Å². The molecule has 0 saturated heterocycles. The highest BCUT2D eigenvalue weighted by Crippen LogP contribution is 2.34. The maximum atomic E-state index is 10.5. The van der Waals surface area contributed by atoms with Crippen molar-refractivity contribution in [3.8, 4) is 0 Å². The summed E-state index contributed by atoms with van der Waals surface area (Å²) in [5.74, 6) is 0. The van der Waals surface area contributed by atoms with Crippen LogP contribution in [0.4, 0.5) is 0 Å². The Morgan fingerprint density at radius 3 is 3.17 bits per heavy atom. The number of carbonyl (C=O) groups excluding carboxylic acids is 1. The van der Waals surface area contributed by atoms with Crippen LogP contribution >= 0.6 is 11.6 Å². The molecule has 0 aromatic heterocycles. The molecule has 1 atom stereocenters. The normalized spacial score (nSPS) is 20.6. The molecule has 1 heterocycles. The van der Waals surface area contributed by atoms with Crippen LogP contribution in [0.15, 0.2) is 18.2 Å². The van der Waals surface area contributed by atoms with Crippen molar-refractivity contribution >= 4 is 17.9 Å². The largest absolute Gasteiger partial charge is 0.361 e. The van der Waals surface area contributed by atoms with Gasteiger partial charge in [-0.05, 0) is 11.6 Å². The molecular weight excluding hydrogens is 176 g/mol. The number of benzene rings is 1. The first-order valence-electron chi connectivity index (χ1n) is 3.67. The molecule has 62 valence electrons. The molecule has 2 nitrogen and oxygen atoms in total. The van der Waals surface area contributed by atoms with Crippen molar-refractivity contribution in [2.24, 2.45) is 0 Å². The van der Waals surface area contributed by atoms with Gasteiger partial charge in [-0.2, -0.15) is 0 Å². The SMILES string of the molecule is O=CC1OCc2cccc(Cl)c21. The van der Waals surface area contributed by atoms with Gasteiger partial charge in [-0.15, -0.1) is 0 Å². The van der Waals surface area contributed by atoms with Gasteiger partial charge in [0.05, 0.1) is 6.61 Å². The van der Waals surface area contributed by atoms with Gasteiger partial charge in [-0.25, -0.2) is 0 Å². The maximum Gasteiger partial charge on any atom is 0.153 e. The van der Waals surface area contributed by atoms with Crippen molar-refractivity contribution in [2.75, 3.05) is 0 Å². The Hall–Kier alpha value is -0.860. The highest BCUT2D eigenvalue weighted by atomic mass is 35.5. The Morgan fingerprint density at radius 1 is 1.58 bits per heavy atom. The smallest absolute Gasteiger partial charge is 0.153 e. The summed E-state index contributed by atoms with van der Waals surface area (Å²) in [6.45, 7) is 0.485. The van der Waals surface area contributed by atoms with Crippen molar-refractivity contribution in [2.45, 2.75) is 12.7 Å². The van der Waals surface area contributed by atoms with Gasteiger partial charge in [-0.3, -0.25) is 0 Å². The van der Waals surface area contributed by atoms with Crippen LogP contribution in [0.5, 0.6) is 0 Å². The Morgan fingerprint density at radius 2 is 2.42 bits per heavy atom. The second kappa shape index (κ2) is 2.88. The van der Waals surface area contributed by atoms with Crippen LogP contribution in [0.3, 0.4) is 0 Å². The van der Waals surface area contributed by atoms with E-state index in [1.54, 1.807) is 6.07 Å². The van der Waals surface area contributed by atoms with Gasteiger partial charge in [0, 0.05) is 10.6 Å². The quantitative estimate of drug-likeness (QED) is 0.622. The van der Waals surface area contributed by atoms with Crippen molar-refractivity contribution < 1.29 is 9.53 Å². The number of fused-ring (bicyclic) bond motifs is 1. The topological polar surface area (TPSA) is 26.3 Å². The maximum absolute atomic E-state index is 10.5. The van der Waals surface area contributed by atoms with E-state index in [2.05, 4.69) is 0 Å². The minimum absolute atomic E-state index is 0.464. The third-order valence-corrected chi connectivity index (χ3v) is 2.30. The van der Waals surface area contributed by atoms with E-state index in [4.69, 9.17) is 16.3 Å². The van der Waals surface area contributed by atoms with Crippen molar-refractivity contribution in [3.05, 3.63) is 34.3 Å². The Labute approximate surface area is 75.1 Å². The molecule has 0 radical (unpaired) electrons. The lowest BCUT2D eigenvalue weighted by atomic mass is 10.1. The van der Waals surface area contributed by atoms with Gasteiger partial charge in [-0.1, -0.05) is 23.7 Å². The first kappa shape index (κ1) is 7.77. The summed E-state index contributed by atoms with van der Waals surface area (Å²) in [7, 11) is 0. The molecule has 12 heavy (non-hydrogen) atoms. The molecule has 0 spiro atoms. The van der Waals surface area contributed by atoms with E-state index in [1.165, 1.54) is 0 Å². The Balaban J connectivity index is 2.55. The molecule has 2 rings (SSSR count). The average molecular weight is 183 g/mol. The average Bonchev–Trinajstić information content (AvgIpc) is 2.49. The van der Waals surface area contributed by atoms with Gasteiger partial charge in [0.2, 0.25) is 0 Å². The molecule has 1 aromatic carbocycles. The van der Waals surface area contributed by atoms with E-state index >= 15 is 0 Å². The van der Waals surface area contributed by atoms with Crippen LogP contribution in [0.2, 0.25) is 5.02 Å². The van der Waals surface area contributed by atoms with Crippen molar-refractivity contribution in [1.29, 1.82) is 0 Å². The van der Waals surface area contributed by atoms with Crippen LogP contribution in [-0.2, 0) is 16.1 Å². The minimum Gasteiger partial charge on any atom is -0.361 e. The van der Waals surface area contributed by atoms with Crippen LogP contribution < -0.4 is 0 Å². The molecule has 1 aliphatic heterocycles. The fraction of sp³-hybridized carbons (Fsp3) is 0.222. The van der Waals surface area contributed by atoms with Gasteiger partial charge < -0.3 is 9.53 Å². The Bertz CT molecular complexity index is 322. The predicted molar refractivity (Wildman–Crippen MR) is 45.0 cm³/mol. The molecule has 0 N–H and O–H groups in total. The van der Waals surface area contributed by atoms with E-state index in [0.29, 0.717) is 11.6 Å². The van der Waals surface area contributed by atoms with Crippen LogP contribution in [0.1, 0.15) is 17.2 Å². The molecule has 1 aliphatic rings. The third kappa shape index (κ3) is 1.04. The molecule has 0 saturated carbocycles. The van der Waals surface area contributed by atoms with E-state index < -0.39 is 6.10 Å². The molecule has 0 bridgehead atoms. The number of ether oxygens (including phenoxy) is 1. The zero-order valence-electron chi connectivity index (χ0n) is 6.29.